The molecule has 10 nitrogen and oxygen atoms in total. The van der Waals surface area contributed by atoms with Gasteiger partial charge in [0.2, 0.25) is 17.6 Å². The van der Waals surface area contributed by atoms with Gasteiger partial charge in [0.1, 0.15) is 12.1 Å². The van der Waals surface area contributed by atoms with E-state index >= 15 is 0 Å². The Hall–Kier alpha value is -2.65. The van der Waals surface area contributed by atoms with Crippen molar-refractivity contribution in [2.45, 2.75) is 116 Å². The monoisotopic (exact) mass is 583 g/mol. The first-order valence-electron chi connectivity index (χ1n) is 16.1. The number of piperidine rings is 1. The van der Waals surface area contributed by atoms with Crippen molar-refractivity contribution in [3.8, 4) is 0 Å². The van der Waals surface area contributed by atoms with Crippen LogP contribution in [0.25, 0.3) is 0 Å². The number of hydrogen-bond acceptors (Lipinski definition) is 5. The lowest BCUT2D eigenvalue weighted by molar-refractivity contribution is -0.145. The van der Waals surface area contributed by atoms with Gasteiger partial charge >= 0.3 is 6.03 Å². The summed E-state index contributed by atoms with van der Waals surface area (Å²) in [7, 11) is 0. The van der Waals surface area contributed by atoms with Crippen molar-refractivity contribution in [3.05, 3.63) is 0 Å². The van der Waals surface area contributed by atoms with Gasteiger partial charge in [-0.1, -0.05) is 53.9 Å². The molecule has 0 aromatic rings. The molecule has 5 N–H and O–H groups in total. The summed E-state index contributed by atoms with van der Waals surface area (Å²) in [6.45, 7) is 10.4. The van der Waals surface area contributed by atoms with Crippen LogP contribution in [0, 0.1) is 46.3 Å². The quantitative estimate of drug-likeness (QED) is 0.308. The molecule has 10 heteroatoms. The highest BCUT2D eigenvalue weighted by atomic mass is 16.2. The number of carbonyl (C=O) groups is 5. The molecule has 6 aliphatic carbocycles. The number of carbonyl (C=O) groups excluding carboxylic acids is 5. The van der Waals surface area contributed by atoms with Crippen molar-refractivity contribution in [1.82, 2.24) is 20.9 Å². The number of amides is 5. The van der Waals surface area contributed by atoms with E-state index in [0.717, 1.165) is 32.1 Å². The minimum Gasteiger partial charge on any atom is -0.363 e. The summed E-state index contributed by atoms with van der Waals surface area (Å²) < 4.78 is 0. The minimum atomic E-state index is -1.06. The van der Waals surface area contributed by atoms with Gasteiger partial charge in [-0.3, -0.25) is 19.2 Å². The van der Waals surface area contributed by atoms with Crippen LogP contribution in [-0.2, 0) is 19.2 Å². The highest BCUT2D eigenvalue weighted by Gasteiger charge is 2.70. The third-order valence-electron chi connectivity index (χ3n) is 12.2. The van der Waals surface area contributed by atoms with Gasteiger partial charge in [-0.15, -0.1) is 0 Å². The molecule has 232 valence electrons. The van der Waals surface area contributed by atoms with Crippen molar-refractivity contribution in [1.29, 1.82) is 0 Å². The molecule has 7 rings (SSSR count). The van der Waals surface area contributed by atoms with Crippen molar-refractivity contribution >= 4 is 29.5 Å². The van der Waals surface area contributed by atoms with Gasteiger partial charge < -0.3 is 26.6 Å². The molecule has 5 unspecified atom stereocenters. The normalized spacial score (nSPS) is 36.9. The Bertz CT molecular complexity index is 1170. The second-order valence-corrected chi connectivity index (χ2v) is 16.3. The number of urea groups is 1. The smallest absolute Gasteiger partial charge is 0.315 e. The first-order valence-corrected chi connectivity index (χ1v) is 16.1. The first kappa shape index (κ1) is 29.4. The molecule has 0 aromatic heterocycles. The van der Waals surface area contributed by atoms with Crippen LogP contribution in [0.4, 0.5) is 4.79 Å². The Morgan fingerprint density at radius 3 is 2.17 bits per heavy atom. The molecule has 1 heterocycles. The summed E-state index contributed by atoms with van der Waals surface area (Å²) in [6.07, 6.45) is 9.03. The summed E-state index contributed by atoms with van der Waals surface area (Å²) in [6, 6.07) is -2.92. The molecule has 7 atom stereocenters. The van der Waals surface area contributed by atoms with E-state index in [1.165, 1.54) is 19.3 Å². The summed E-state index contributed by atoms with van der Waals surface area (Å²) in [5.74, 6) is -0.307. The zero-order chi connectivity index (χ0) is 30.4. The average Bonchev–Trinajstić information content (AvgIpc) is 3.17. The summed E-state index contributed by atoms with van der Waals surface area (Å²) in [5.41, 5.74) is 4.45. The van der Waals surface area contributed by atoms with E-state index in [9.17, 15) is 24.0 Å². The minimum absolute atomic E-state index is 0.0627. The molecule has 1 saturated heterocycles. The molecule has 6 saturated carbocycles. The Morgan fingerprint density at radius 1 is 0.976 bits per heavy atom. The van der Waals surface area contributed by atoms with Crippen LogP contribution in [0.2, 0.25) is 0 Å². The second-order valence-electron chi connectivity index (χ2n) is 16.3. The Morgan fingerprint density at radius 2 is 1.62 bits per heavy atom. The molecule has 1 aliphatic heterocycles. The van der Waals surface area contributed by atoms with Crippen LogP contribution in [-0.4, -0.2) is 64.6 Å². The van der Waals surface area contributed by atoms with Crippen LogP contribution in [0.3, 0.4) is 0 Å². The standard InChI is InChI=1S/C32H49N5O5/c1-30(2,3)25(35-29(42)36-32-13-17-9-18(14-32)11-19(32)10-17)28(41)37-15-20-22(31(20,4)5)23(37)27(40)34-21(24(38)26(33)39)12-16-7-6-8-16/h16-23,25H,6-15H2,1-5H3,(H2,33,39)(H,34,40)(H2,35,36,42)/t17?,18?,19?,20?,21?,22-,23?,25-,32?/m1/s1. The van der Waals surface area contributed by atoms with Crippen molar-refractivity contribution < 1.29 is 24.0 Å². The number of nitrogens with two attached hydrogens (primary N) is 1. The number of nitrogens with one attached hydrogen (secondary N) is 3. The van der Waals surface area contributed by atoms with Crippen molar-refractivity contribution in [3.63, 3.8) is 0 Å². The number of Topliss-reactive ketones (excluding diaryl/α,β-unsaturated/α-hetero) is 1. The Balaban J connectivity index is 1.18. The van der Waals surface area contributed by atoms with Gasteiger partial charge in [-0.2, -0.15) is 0 Å². The zero-order valence-corrected chi connectivity index (χ0v) is 25.8. The lowest BCUT2D eigenvalue weighted by Gasteiger charge is -2.39. The Labute approximate surface area is 249 Å². The van der Waals surface area contributed by atoms with Crippen molar-refractivity contribution in [2.75, 3.05) is 6.54 Å². The van der Waals surface area contributed by atoms with Gasteiger partial charge in [0.05, 0.1) is 6.04 Å². The molecule has 5 amide bonds. The van der Waals surface area contributed by atoms with E-state index < -0.39 is 41.1 Å². The van der Waals surface area contributed by atoms with Gasteiger partial charge in [-0.25, -0.2) is 4.79 Å². The number of nitrogens with zero attached hydrogens (tertiary/aromatic N) is 1. The maximum absolute atomic E-state index is 14.3. The lowest BCUT2D eigenvalue weighted by atomic mass is 9.80. The number of hydrogen-bond donors (Lipinski definition) is 4. The van der Waals surface area contributed by atoms with E-state index in [-0.39, 0.29) is 40.6 Å². The third-order valence-corrected chi connectivity index (χ3v) is 12.2. The lowest BCUT2D eigenvalue weighted by Crippen LogP contribution is -2.63. The molecule has 7 aliphatic rings. The highest BCUT2D eigenvalue weighted by molar-refractivity contribution is 6.37. The van der Waals surface area contributed by atoms with Gasteiger partial charge in [-0.05, 0) is 84.9 Å². The molecular weight excluding hydrogens is 534 g/mol. The van der Waals surface area contributed by atoms with Crippen LogP contribution in [0.5, 0.6) is 0 Å². The average molecular weight is 584 g/mol. The van der Waals surface area contributed by atoms with Crippen LogP contribution < -0.4 is 21.7 Å². The fourth-order valence-electron chi connectivity index (χ4n) is 9.74. The van der Waals surface area contributed by atoms with Gasteiger partial charge in [0, 0.05) is 12.1 Å². The van der Waals surface area contributed by atoms with E-state index in [2.05, 4.69) is 29.8 Å². The predicted octanol–water partition coefficient (Wildman–Crippen LogP) is 2.49. The summed E-state index contributed by atoms with van der Waals surface area (Å²) >= 11 is 0. The molecule has 42 heavy (non-hydrogen) atoms. The number of ketones is 1. The molecule has 0 spiro atoms. The van der Waals surface area contributed by atoms with Crippen LogP contribution in [0.1, 0.15) is 92.4 Å². The third kappa shape index (κ3) is 4.90. The Kier molecular flexibility index (Phi) is 6.97. The van der Waals surface area contributed by atoms with E-state index in [4.69, 9.17) is 5.73 Å². The van der Waals surface area contributed by atoms with E-state index in [0.29, 0.717) is 30.7 Å². The fourth-order valence-corrected chi connectivity index (χ4v) is 9.74. The largest absolute Gasteiger partial charge is 0.363 e. The molecule has 7 fully saturated rings. The number of primary amides is 1. The van der Waals surface area contributed by atoms with Crippen LogP contribution in [0.15, 0.2) is 0 Å². The molecule has 0 aromatic carbocycles. The first-order chi connectivity index (χ1) is 19.6. The van der Waals surface area contributed by atoms with Crippen molar-refractivity contribution in [2.24, 2.45) is 52.1 Å². The second kappa shape index (κ2) is 9.94. The molecular formula is C32H49N5O5. The zero-order valence-electron chi connectivity index (χ0n) is 25.8. The maximum atomic E-state index is 14.3. The highest BCUT2D eigenvalue weighted by Crippen LogP contribution is 2.65. The maximum Gasteiger partial charge on any atom is 0.315 e. The van der Waals surface area contributed by atoms with Gasteiger partial charge in [0.15, 0.2) is 0 Å². The number of fused-ring (bicyclic) bond motifs is 1. The van der Waals surface area contributed by atoms with E-state index in [1.54, 1.807) is 4.90 Å². The number of rotatable bonds is 9. The summed E-state index contributed by atoms with van der Waals surface area (Å²) in [4.78, 5) is 67.7. The molecule has 0 radical (unpaired) electrons. The SMILES string of the molecule is CC(C)(C)[C@H](NC(=O)NC12CC3CC(CC1C3)C2)C(=O)N1CC2[C@H](C1C(=O)NC(CC1CCC1)C(=O)C(N)=O)C2(C)C. The van der Waals surface area contributed by atoms with Crippen LogP contribution >= 0.6 is 0 Å². The topological polar surface area (TPSA) is 151 Å². The van der Waals surface area contributed by atoms with E-state index in [1.807, 2.05) is 20.8 Å². The number of likely N-dealkylation sites (tertiary alicyclic amines) is 1. The predicted molar refractivity (Wildman–Crippen MR) is 156 cm³/mol. The van der Waals surface area contributed by atoms with Gasteiger partial charge in [0.25, 0.3) is 5.91 Å². The molecule has 4 bridgehead atoms. The fraction of sp³-hybridized carbons (Fsp3) is 0.844. The summed E-state index contributed by atoms with van der Waals surface area (Å²) in [5, 5.41) is 9.19.